The van der Waals surface area contributed by atoms with Crippen LogP contribution in [0.3, 0.4) is 0 Å². The van der Waals surface area contributed by atoms with E-state index in [2.05, 4.69) is 6.92 Å². The Kier molecular flexibility index (Phi) is 5.08. The van der Waals surface area contributed by atoms with Crippen molar-refractivity contribution >= 4 is 11.9 Å². The third-order valence-corrected chi connectivity index (χ3v) is 10.4. The summed E-state index contributed by atoms with van der Waals surface area (Å²) in [6.07, 6.45) is 7.10. The average Bonchev–Trinajstić information content (AvgIpc) is 3.27. The zero-order chi connectivity index (χ0) is 22.9. The zero-order valence-electron chi connectivity index (χ0n) is 19.1. The molecule has 5 rings (SSSR count). The molecular weight excluding hydrogens is 412 g/mol. The number of hydrogen-bond donors (Lipinski definition) is 3. The molecule has 1 aliphatic heterocycles. The van der Waals surface area contributed by atoms with Gasteiger partial charge in [0.25, 0.3) is 0 Å². The number of hydrogen-bond acceptors (Lipinski definition) is 7. The summed E-state index contributed by atoms with van der Waals surface area (Å²) in [6.45, 7) is 3.75. The zero-order valence-corrected chi connectivity index (χ0v) is 19.1. The Hall–Kier alpha value is -1.44. The van der Waals surface area contributed by atoms with Crippen molar-refractivity contribution in [3.8, 4) is 0 Å². The van der Waals surface area contributed by atoms with Crippen LogP contribution in [-0.2, 0) is 19.1 Å². The first-order valence-electron chi connectivity index (χ1n) is 12.2. The van der Waals surface area contributed by atoms with Gasteiger partial charge in [0.2, 0.25) is 0 Å². The van der Waals surface area contributed by atoms with Gasteiger partial charge in [0.1, 0.15) is 12.7 Å². The fourth-order valence-corrected chi connectivity index (χ4v) is 8.83. The molecule has 0 saturated heterocycles. The molecule has 0 aromatic rings. The minimum atomic E-state index is -1.10. The van der Waals surface area contributed by atoms with Crippen molar-refractivity contribution in [1.29, 1.82) is 0 Å². The predicted octanol–water partition coefficient (Wildman–Crippen LogP) is 2.26. The Morgan fingerprint density at radius 2 is 1.88 bits per heavy atom. The summed E-state index contributed by atoms with van der Waals surface area (Å²) in [6, 6.07) is 0. The lowest BCUT2D eigenvalue weighted by atomic mass is 9.41. The Balaban J connectivity index is 1.46. The van der Waals surface area contributed by atoms with E-state index in [1.807, 2.05) is 0 Å². The highest BCUT2D eigenvalue weighted by atomic mass is 16.5. The van der Waals surface area contributed by atoms with E-state index in [1.54, 1.807) is 6.08 Å². The molecule has 0 aromatic heterocycles. The standard InChI is InChI=1S/C25H36O7/c1-15(27)32-17-3-8-23(14-26)19-4-7-22(2)18(16-11-21(28)31-13-16)6-10-25(22,30)20(19)5-9-24(23,29)12-17/h11,17-20,26,29-30H,3-10,12-14H2,1-2H3/t17-,18+,19-,20-,22-,23+,24-,25+/m1/s1. The van der Waals surface area contributed by atoms with E-state index in [0.717, 1.165) is 24.8 Å². The Morgan fingerprint density at radius 3 is 2.53 bits per heavy atom. The average molecular weight is 449 g/mol. The highest BCUT2D eigenvalue weighted by Gasteiger charge is 2.71. The lowest BCUT2D eigenvalue weighted by molar-refractivity contribution is -0.270. The normalized spacial score (nSPS) is 50.0. The highest BCUT2D eigenvalue weighted by molar-refractivity contribution is 5.85. The minimum absolute atomic E-state index is 0.0109. The number of carbonyl (C=O) groups is 2. The number of carbonyl (C=O) groups excluding carboxylic acids is 2. The molecule has 3 N–H and O–H groups in total. The van der Waals surface area contributed by atoms with Crippen molar-refractivity contribution < 1.29 is 34.4 Å². The van der Waals surface area contributed by atoms with Crippen molar-refractivity contribution in [3.63, 3.8) is 0 Å². The molecule has 0 aromatic carbocycles. The molecule has 32 heavy (non-hydrogen) atoms. The van der Waals surface area contributed by atoms with Gasteiger partial charge < -0.3 is 24.8 Å². The monoisotopic (exact) mass is 448 g/mol. The van der Waals surface area contributed by atoms with Gasteiger partial charge in [0.15, 0.2) is 0 Å². The number of ether oxygens (including phenoxy) is 2. The SMILES string of the molecule is CC(=O)O[C@@H]1CC[C@]2(CO)[C@@H]3CC[C@]4(C)[C@H](C5=CC(=O)OC5)CC[C@]4(O)[C@@H]3CC[C@@]2(O)C1. The molecule has 0 amide bonds. The molecule has 1 heterocycles. The van der Waals surface area contributed by atoms with Crippen LogP contribution in [0.25, 0.3) is 0 Å². The number of fused-ring (bicyclic) bond motifs is 5. The smallest absolute Gasteiger partial charge is 0.331 e. The van der Waals surface area contributed by atoms with Crippen molar-refractivity contribution in [2.75, 3.05) is 13.2 Å². The first kappa shape index (κ1) is 22.4. The molecule has 7 heteroatoms. The fraction of sp³-hybridized carbons (Fsp3) is 0.840. The van der Waals surface area contributed by atoms with Crippen molar-refractivity contribution in [1.82, 2.24) is 0 Å². The van der Waals surface area contributed by atoms with E-state index in [9.17, 15) is 24.9 Å². The summed E-state index contributed by atoms with van der Waals surface area (Å²) >= 11 is 0. The molecule has 5 aliphatic rings. The summed E-state index contributed by atoms with van der Waals surface area (Å²) in [4.78, 5) is 23.2. The van der Waals surface area contributed by atoms with Gasteiger partial charge >= 0.3 is 11.9 Å². The molecule has 7 nitrogen and oxygen atoms in total. The van der Waals surface area contributed by atoms with Gasteiger partial charge in [-0.3, -0.25) is 4.79 Å². The topological polar surface area (TPSA) is 113 Å². The highest BCUT2D eigenvalue weighted by Crippen LogP contribution is 2.70. The van der Waals surface area contributed by atoms with Crippen LogP contribution in [0.5, 0.6) is 0 Å². The van der Waals surface area contributed by atoms with E-state index < -0.39 is 16.6 Å². The van der Waals surface area contributed by atoms with Crippen LogP contribution < -0.4 is 0 Å². The van der Waals surface area contributed by atoms with Crippen LogP contribution in [0, 0.1) is 28.6 Å². The van der Waals surface area contributed by atoms with E-state index in [4.69, 9.17) is 9.47 Å². The number of aliphatic hydroxyl groups excluding tert-OH is 1. The van der Waals surface area contributed by atoms with E-state index in [-0.39, 0.29) is 47.8 Å². The van der Waals surface area contributed by atoms with Crippen LogP contribution in [0.4, 0.5) is 0 Å². The van der Waals surface area contributed by atoms with Crippen molar-refractivity contribution in [2.24, 2.45) is 28.6 Å². The van der Waals surface area contributed by atoms with Gasteiger partial charge in [-0.15, -0.1) is 0 Å². The number of aliphatic hydroxyl groups is 3. The number of rotatable bonds is 3. The summed E-state index contributed by atoms with van der Waals surface area (Å²) < 4.78 is 10.6. The largest absolute Gasteiger partial charge is 0.462 e. The third kappa shape index (κ3) is 2.83. The summed E-state index contributed by atoms with van der Waals surface area (Å²) in [5, 5.41) is 34.7. The second-order valence-corrected chi connectivity index (χ2v) is 11.4. The molecule has 4 saturated carbocycles. The second-order valence-electron chi connectivity index (χ2n) is 11.4. The fourth-order valence-electron chi connectivity index (χ4n) is 8.83. The summed E-state index contributed by atoms with van der Waals surface area (Å²) in [7, 11) is 0. The van der Waals surface area contributed by atoms with E-state index >= 15 is 0 Å². The molecule has 4 aliphatic carbocycles. The van der Waals surface area contributed by atoms with Crippen molar-refractivity contribution in [3.05, 3.63) is 11.6 Å². The first-order chi connectivity index (χ1) is 15.1. The van der Waals surface area contributed by atoms with Gasteiger partial charge in [-0.1, -0.05) is 6.92 Å². The number of esters is 2. The van der Waals surface area contributed by atoms with Crippen LogP contribution in [0.1, 0.15) is 71.6 Å². The molecule has 8 atom stereocenters. The molecule has 178 valence electrons. The Morgan fingerprint density at radius 1 is 1.12 bits per heavy atom. The van der Waals surface area contributed by atoms with Crippen LogP contribution >= 0.6 is 0 Å². The Bertz CT molecular complexity index is 853. The molecule has 0 bridgehead atoms. The van der Waals surface area contributed by atoms with E-state index in [1.165, 1.54) is 6.92 Å². The lowest BCUT2D eigenvalue weighted by Gasteiger charge is -2.66. The van der Waals surface area contributed by atoms with Crippen LogP contribution in [0.15, 0.2) is 11.6 Å². The molecule has 4 fully saturated rings. The van der Waals surface area contributed by atoms with Crippen LogP contribution in [-0.4, -0.2) is 57.8 Å². The second kappa shape index (κ2) is 7.28. The summed E-state index contributed by atoms with van der Waals surface area (Å²) in [5.41, 5.74) is -2.04. The minimum Gasteiger partial charge on any atom is -0.462 e. The maximum atomic E-state index is 12.2. The van der Waals surface area contributed by atoms with Gasteiger partial charge in [-0.05, 0) is 74.7 Å². The quantitative estimate of drug-likeness (QED) is 0.568. The van der Waals surface area contributed by atoms with Crippen molar-refractivity contribution in [2.45, 2.75) is 88.9 Å². The van der Waals surface area contributed by atoms with Crippen LogP contribution in [0.2, 0.25) is 0 Å². The maximum Gasteiger partial charge on any atom is 0.331 e. The van der Waals surface area contributed by atoms with Gasteiger partial charge in [0, 0.05) is 30.3 Å². The van der Waals surface area contributed by atoms with Gasteiger partial charge in [-0.2, -0.15) is 0 Å². The molecule has 0 unspecified atom stereocenters. The van der Waals surface area contributed by atoms with Gasteiger partial charge in [-0.25, -0.2) is 4.79 Å². The maximum absolute atomic E-state index is 12.2. The third-order valence-electron chi connectivity index (χ3n) is 10.4. The Labute approximate surface area is 189 Å². The van der Waals surface area contributed by atoms with E-state index in [0.29, 0.717) is 45.1 Å². The van der Waals surface area contributed by atoms with Gasteiger partial charge in [0.05, 0.1) is 17.8 Å². The summed E-state index contributed by atoms with van der Waals surface area (Å²) in [5.74, 6) is -0.517. The number of cyclic esters (lactones) is 1. The molecule has 0 radical (unpaired) electrons. The molecule has 0 spiro atoms. The predicted molar refractivity (Wildman–Crippen MR) is 114 cm³/mol. The lowest BCUT2D eigenvalue weighted by Crippen LogP contribution is -2.69. The molecular formula is C25H36O7. The first-order valence-corrected chi connectivity index (χ1v) is 12.2.